The number of aliphatic imine (C=N–C) groups is 1. The molecule has 0 aliphatic rings. The number of nitrogens with one attached hydrogen (secondary N) is 2. The number of aromatic nitrogens is 1. The highest BCUT2D eigenvalue weighted by Crippen LogP contribution is 2.18. The highest BCUT2D eigenvalue weighted by Gasteiger charge is 2.07. The van der Waals surface area contributed by atoms with Crippen LogP contribution in [0, 0.1) is 5.82 Å². The van der Waals surface area contributed by atoms with E-state index >= 15 is 0 Å². The zero-order valence-electron chi connectivity index (χ0n) is 17.8. The fraction of sp³-hybridized carbons (Fsp3) is 0.304. The van der Waals surface area contributed by atoms with E-state index in [4.69, 9.17) is 4.42 Å². The van der Waals surface area contributed by atoms with Gasteiger partial charge in [0.05, 0.1) is 6.54 Å². The van der Waals surface area contributed by atoms with Gasteiger partial charge in [0.2, 0.25) is 5.89 Å². The Morgan fingerprint density at radius 3 is 2.55 bits per heavy atom. The van der Waals surface area contributed by atoms with Crippen LogP contribution in [0.3, 0.4) is 0 Å². The molecule has 0 saturated carbocycles. The van der Waals surface area contributed by atoms with E-state index in [0.29, 0.717) is 12.4 Å². The Bertz CT molecular complexity index is 931. The maximum Gasteiger partial charge on any atom is 0.226 e. The summed E-state index contributed by atoms with van der Waals surface area (Å²) in [6.45, 7) is 5.54. The maximum absolute atomic E-state index is 13.0. The lowest BCUT2D eigenvalue weighted by Crippen LogP contribution is -2.40. The molecular weight excluding hydrogens is 508 g/mol. The SMILES string of the molecule is CCNC(=NCc1coc(-c2ccccc2)n1)NCCN(C)Cc1ccc(F)cc1.I. The molecule has 0 fully saturated rings. The van der Waals surface area contributed by atoms with E-state index in [0.717, 1.165) is 49.0 Å². The molecule has 2 aromatic carbocycles. The van der Waals surface area contributed by atoms with Gasteiger partial charge in [0.15, 0.2) is 5.96 Å². The van der Waals surface area contributed by atoms with E-state index in [9.17, 15) is 4.39 Å². The van der Waals surface area contributed by atoms with Gasteiger partial charge >= 0.3 is 0 Å². The molecule has 8 heteroatoms. The molecule has 0 amide bonds. The predicted molar refractivity (Wildman–Crippen MR) is 133 cm³/mol. The highest BCUT2D eigenvalue weighted by atomic mass is 127. The molecule has 166 valence electrons. The third kappa shape index (κ3) is 8.29. The highest BCUT2D eigenvalue weighted by molar-refractivity contribution is 14.0. The van der Waals surface area contributed by atoms with Crippen LogP contribution in [-0.2, 0) is 13.1 Å². The molecule has 0 aliphatic carbocycles. The summed E-state index contributed by atoms with van der Waals surface area (Å²) in [6.07, 6.45) is 1.64. The van der Waals surface area contributed by atoms with Gasteiger partial charge in [-0.3, -0.25) is 0 Å². The van der Waals surface area contributed by atoms with Gasteiger partial charge in [0, 0.05) is 31.7 Å². The van der Waals surface area contributed by atoms with Gasteiger partial charge in [-0.1, -0.05) is 30.3 Å². The number of oxazole rings is 1. The molecule has 0 aliphatic heterocycles. The number of halogens is 2. The van der Waals surface area contributed by atoms with Crippen LogP contribution in [0.4, 0.5) is 4.39 Å². The number of hydrogen-bond donors (Lipinski definition) is 2. The number of likely N-dealkylation sites (N-methyl/N-ethyl adjacent to an activating group) is 1. The van der Waals surface area contributed by atoms with Crippen LogP contribution in [0.15, 0.2) is 70.3 Å². The maximum atomic E-state index is 13.0. The lowest BCUT2D eigenvalue weighted by atomic mass is 10.2. The summed E-state index contributed by atoms with van der Waals surface area (Å²) < 4.78 is 18.6. The molecule has 1 heterocycles. The Hall–Kier alpha value is -2.46. The molecule has 2 N–H and O–H groups in total. The number of hydrogen-bond acceptors (Lipinski definition) is 4. The molecule has 0 atom stereocenters. The van der Waals surface area contributed by atoms with Crippen molar-refractivity contribution in [2.24, 2.45) is 4.99 Å². The predicted octanol–water partition coefficient (Wildman–Crippen LogP) is 4.29. The third-order valence-electron chi connectivity index (χ3n) is 4.47. The van der Waals surface area contributed by atoms with Crippen LogP contribution in [0.25, 0.3) is 11.5 Å². The first-order chi connectivity index (χ1) is 14.6. The van der Waals surface area contributed by atoms with Gasteiger partial charge in [-0.2, -0.15) is 0 Å². The fourth-order valence-corrected chi connectivity index (χ4v) is 2.94. The molecule has 6 nitrogen and oxygen atoms in total. The van der Waals surface area contributed by atoms with Crippen LogP contribution >= 0.6 is 24.0 Å². The van der Waals surface area contributed by atoms with Crippen molar-refractivity contribution in [2.75, 3.05) is 26.7 Å². The molecule has 3 rings (SSSR count). The lowest BCUT2D eigenvalue weighted by Gasteiger charge is -2.18. The van der Waals surface area contributed by atoms with Crippen molar-refractivity contribution in [3.8, 4) is 11.5 Å². The summed E-state index contributed by atoms with van der Waals surface area (Å²) in [5, 5.41) is 6.58. The Kier molecular flexibility index (Phi) is 10.5. The third-order valence-corrected chi connectivity index (χ3v) is 4.47. The zero-order chi connectivity index (χ0) is 21.2. The molecule has 3 aromatic rings. The summed E-state index contributed by atoms with van der Waals surface area (Å²) >= 11 is 0. The first kappa shape index (κ1) is 24.8. The minimum absolute atomic E-state index is 0. The van der Waals surface area contributed by atoms with Crippen LogP contribution in [0.2, 0.25) is 0 Å². The smallest absolute Gasteiger partial charge is 0.226 e. The van der Waals surface area contributed by atoms with Gasteiger partial charge in [-0.05, 0) is 43.8 Å². The summed E-state index contributed by atoms with van der Waals surface area (Å²) in [5.41, 5.74) is 2.81. The fourth-order valence-electron chi connectivity index (χ4n) is 2.94. The molecule has 1 aromatic heterocycles. The molecule has 0 bridgehead atoms. The van der Waals surface area contributed by atoms with Crippen LogP contribution in [0.1, 0.15) is 18.2 Å². The van der Waals surface area contributed by atoms with E-state index in [1.54, 1.807) is 6.26 Å². The van der Waals surface area contributed by atoms with Crippen molar-refractivity contribution in [2.45, 2.75) is 20.0 Å². The molecule has 0 spiro atoms. The van der Waals surface area contributed by atoms with Gasteiger partial charge in [0.1, 0.15) is 17.8 Å². The monoisotopic (exact) mass is 537 g/mol. The van der Waals surface area contributed by atoms with E-state index in [-0.39, 0.29) is 29.8 Å². The first-order valence-corrected chi connectivity index (χ1v) is 10.1. The average Bonchev–Trinajstić information content (AvgIpc) is 3.23. The minimum Gasteiger partial charge on any atom is -0.444 e. The van der Waals surface area contributed by atoms with Crippen LogP contribution in [0.5, 0.6) is 0 Å². The molecule has 0 unspecified atom stereocenters. The largest absolute Gasteiger partial charge is 0.444 e. The number of guanidine groups is 1. The van der Waals surface area contributed by atoms with Gasteiger partial charge in [0.25, 0.3) is 0 Å². The van der Waals surface area contributed by atoms with Crippen molar-refractivity contribution in [3.05, 3.63) is 77.9 Å². The second kappa shape index (κ2) is 13.1. The summed E-state index contributed by atoms with van der Waals surface area (Å²) in [4.78, 5) is 11.3. The molecule has 0 radical (unpaired) electrons. The Balaban J connectivity index is 0.00000341. The molecular formula is C23H29FIN5O. The topological polar surface area (TPSA) is 65.7 Å². The van der Waals surface area contributed by atoms with Crippen LogP contribution < -0.4 is 10.6 Å². The van der Waals surface area contributed by atoms with Crippen LogP contribution in [-0.4, -0.2) is 42.5 Å². The normalized spacial score (nSPS) is 11.3. The summed E-state index contributed by atoms with van der Waals surface area (Å²) in [5.74, 6) is 1.12. The first-order valence-electron chi connectivity index (χ1n) is 10.1. The molecule has 31 heavy (non-hydrogen) atoms. The van der Waals surface area contributed by atoms with Crippen molar-refractivity contribution >= 4 is 29.9 Å². The van der Waals surface area contributed by atoms with E-state index in [1.807, 2.05) is 56.4 Å². The van der Waals surface area contributed by atoms with E-state index < -0.39 is 0 Å². The average molecular weight is 537 g/mol. The lowest BCUT2D eigenvalue weighted by molar-refractivity contribution is 0.331. The number of rotatable bonds is 9. The van der Waals surface area contributed by atoms with Crippen molar-refractivity contribution in [1.82, 2.24) is 20.5 Å². The summed E-state index contributed by atoms with van der Waals surface area (Å²) in [7, 11) is 2.04. The second-order valence-corrected chi connectivity index (χ2v) is 7.00. The van der Waals surface area contributed by atoms with E-state index in [1.165, 1.54) is 12.1 Å². The zero-order valence-corrected chi connectivity index (χ0v) is 20.2. The van der Waals surface area contributed by atoms with Crippen molar-refractivity contribution in [3.63, 3.8) is 0 Å². The van der Waals surface area contributed by atoms with Gasteiger partial charge in [-0.25, -0.2) is 14.4 Å². The number of nitrogens with zero attached hydrogens (tertiary/aromatic N) is 3. The Morgan fingerprint density at radius 1 is 1.10 bits per heavy atom. The van der Waals surface area contributed by atoms with Crippen molar-refractivity contribution in [1.29, 1.82) is 0 Å². The quantitative estimate of drug-likeness (QED) is 0.242. The minimum atomic E-state index is -0.211. The standard InChI is InChI=1S/C23H28FN5O.HI/c1-3-25-23(26-13-14-29(2)16-18-9-11-20(24)12-10-18)27-15-21-17-30-22(28-21)19-7-5-4-6-8-19;/h4-12,17H,3,13-16H2,1-2H3,(H2,25,26,27);1H. The van der Waals surface area contributed by atoms with Crippen molar-refractivity contribution < 1.29 is 8.81 Å². The molecule has 0 saturated heterocycles. The Labute approximate surface area is 200 Å². The summed E-state index contributed by atoms with van der Waals surface area (Å²) in [6, 6.07) is 16.4. The van der Waals surface area contributed by atoms with Gasteiger partial charge in [-0.15, -0.1) is 24.0 Å². The second-order valence-electron chi connectivity index (χ2n) is 7.00. The Morgan fingerprint density at radius 2 is 1.84 bits per heavy atom. The number of benzene rings is 2. The van der Waals surface area contributed by atoms with E-state index in [2.05, 4.69) is 25.5 Å². The van der Waals surface area contributed by atoms with Gasteiger partial charge < -0.3 is 20.0 Å².